The zero-order valence-electron chi connectivity index (χ0n) is 12.1. The van der Waals surface area contributed by atoms with Crippen LogP contribution >= 0.6 is 0 Å². The first-order chi connectivity index (χ1) is 9.88. The molecule has 2 aromatic rings. The van der Waals surface area contributed by atoms with Gasteiger partial charge in [-0.2, -0.15) is 0 Å². The van der Waals surface area contributed by atoms with Crippen LogP contribution in [0.3, 0.4) is 0 Å². The van der Waals surface area contributed by atoms with Crippen molar-refractivity contribution in [1.29, 1.82) is 0 Å². The lowest BCUT2D eigenvalue weighted by Gasteiger charge is -2.26. The number of nitrogens with one attached hydrogen (secondary N) is 1. The van der Waals surface area contributed by atoms with E-state index < -0.39 is 0 Å². The molecule has 1 aromatic carbocycles. The second-order valence-electron chi connectivity index (χ2n) is 5.74. The van der Waals surface area contributed by atoms with Gasteiger partial charge in [0, 0.05) is 5.56 Å². The highest BCUT2D eigenvalue weighted by molar-refractivity contribution is 5.33. The maximum absolute atomic E-state index is 5.25. The predicted molar refractivity (Wildman–Crippen MR) is 81.9 cm³/mol. The Morgan fingerprint density at radius 1 is 1.15 bits per heavy atom. The second-order valence-corrected chi connectivity index (χ2v) is 5.74. The van der Waals surface area contributed by atoms with Gasteiger partial charge in [-0.15, -0.1) is 0 Å². The maximum atomic E-state index is 5.25. The van der Waals surface area contributed by atoms with Gasteiger partial charge in [-0.1, -0.05) is 37.6 Å². The Morgan fingerprint density at radius 3 is 2.50 bits per heavy atom. The van der Waals surface area contributed by atoms with Gasteiger partial charge in [-0.3, -0.25) is 0 Å². The van der Waals surface area contributed by atoms with E-state index in [2.05, 4.69) is 36.5 Å². The lowest BCUT2D eigenvalue weighted by molar-refractivity contribution is 0.419. The van der Waals surface area contributed by atoms with Crippen molar-refractivity contribution >= 4 is 0 Å². The minimum Gasteiger partial charge on any atom is -0.472 e. The molecule has 1 atom stereocenters. The molecule has 1 unspecified atom stereocenters. The number of furan rings is 1. The van der Waals surface area contributed by atoms with Crippen LogP contribution in [0, 0.1) is 0 Å². The van der Waals surface area contributed by atoms with E-state index in [4.69, 9.17) is 4.42 Å². The van der Waals surface area contributed by atoms with Crippen LogP contribution in [0.2, 0.25) is 0 Å². The van der Waals surface area contributed by atoms with Crippen molar-refractivity contribution in [2.75, 3.05) is 6.54 Å². The molecule has 1 saturated carbocycles. The maximum Gasteiger partial charge on any atom is 0.0953 e. The monoisotopic (exact) mass is 269 g/mol. The van der Waals surface area contributed by atoms with Crippen LogP contribution in [0.4, 0.5) is 0 Å². The lowest BCUT2D eigenvalue weighted by atomic mass is 9.79. The molecule has 3 rings (SSSR count). The van der Waals surface area contributed by atoms with Crippen LogP contribution < -0.4 is 5.32 Å². The number of rotatable bonds is 6. The molecule has 1 heterocycles. The highest BCUT2D eigenvalue weighted by atomic mass is 16.3. The average Bonchev–Trinajstić information content (AvgIpc) is 2.93. The van der Waals surface area contributed by atoms with Crippen LogP contribution in [-0.2, 0) is 0 Å². The summed E-state index contributed by atoms with van der Waals surface area (Å²) in [5.41, 5.74) is 4.03. The van der Waals surface area contributed by atoms with Crippen molar-refractivity contribution in [2.45, 2.75) is 44.6 Å². The largest absolute Gasteiger partial charge is 0.472 e. The molecule has 1 aliphatic rings. The smallest absolute Gasteiger partial charge is 0.0953 e. The molecule has 0 radical (unpaired) electrons. The van der Waals surface area contributed by atoms with E-state index in [9.17, 15) is 0 Å². The molecule has 1 fully saturated rings. The molecule has 0 aliphatic heterocycles. The summed E-state index contributed by atoms with van der Waals surface area (Å²) in [6.07, 6.45) is 8.83. The second kappa shape index (κ2) is 6.27. The molecule has 0 saturated heterocycles. The average molecular weight is 269 g/mol. The van der Waals surface area contributed by atoms with Gasteiger partial charge in [0.25, 0.3) is 0 Å². The van der Waals surface area contributed by atoms with Gasteiger partial charge in [0.2, 0.25) is 0 Å². The van der Waals surface area contributed by atoms with Gasteiger partial charge >= 0.3 is 0 Å². The molecule has 0 bridgehead atoms. The summed E-state index contributed by atoms with van der Waals surface area (Å²) in [4.78, 5) is 0. The van der Waals surface area contributed by atoms with E-state index in [1.807, 2.05) is 12.3 Å². The first-order valence-electron chi connectivity index (χ1n) is 7.74. The molecule has 0 spiro atoms. The van der Waals surface area contributed by atoms with E-state index >= 15 is 0 Å². The fourth-order valence-electron chi connectivity index (χ4n) is 2.86. The summed E-state index contributed by atoms with van der Waals surface area (Å²) in [6, 6.07) is 11.4. The summed E-state index contributed by atoms with van der Waals surface area (Å²) >= 11 is 0. The molecular weight excluding hydrogens is 246 g/mol. The van der Waals surface area contributed by atoms with Gasteiger partial charge in [0.1, 0.15) is 0 Å². The SMILES string of the molecule is CCCNC(c1ccc(C2CCC2)cc1)c1ccoc1. The predicted octanol–water partition coefficient (Wildman–Crippen LogP) is 4.64. The summed E-state index contributed by atoms with van der Waals surface area (Å²) < 4.78 is 5.25. The minimum atomic E-state index is 0.240. The molecule has 20 heavy (non-hydrogen) atoms. The first kappa shape index (κ1) is 13.4. The molecule has 1 aliphatic carbocycles. The van der Waals surface area contributed by atoms with Crippen LogP contribution in [0.25, 0.3) is 0 Å². The highest BCUT2D eigenvalue weighted by Gasteiger charge is 2.20. The third kappa shape index (κ3) is 2.80. The van der Waals surface area contributed by atoms with Crippen molar-refractivity contribution in [1.82, 2.24) is 5.32 Å². The van der Waals surface area contributed by atoms with Gasteiger partial charge < -0.3 is 9.73 Å². The van der Waals surface area contributed by atoms with Gasteiger partial charge in [-0.25, -0.2) is 0 Å². The third-order valence-corrected chi connectivity index (χ3v) is 4.32. The topological polar surface area (TPSA) is 25.2 Å². The van der Waals surface area contributed by atoms with E-state index in [1.165, 1.54) is 36.0 Å². The molecular formula is C18H23NO. The van der Waals surface area contributed by atoms with Gasteiger partial charge in [0.05, 0.1) is 18.6 Å². The van der Waals surface area contributed by atoms with Crippen molar-refractivity contribution in [3.63, 3.8) is 0 Å². The molecule has 2 nitrogen and oxygen atoms in total. The van der Waals surface area contributed by atoms with E-state index in [-0.39, 0.29) is 6.04 Å². The van der Waals surface area contributed by atoms with Crippen LogP contribution in [-0.4, -0.2) is 6.54 Å². The fraction of sp³-hybridized carbons (Fsp3) is 0.444. The highest BCUT2D eigenvalue weighted by Crippen LogP contribution is 2.36. The van der Waals surface area contributed by atoms with E-state index in [1.54, 1.807) is 6.26 Å². The molecule has 1 aromatic heterocycles. The van der Waals surface area contributed by atoms with Crippen molar-refractivity contribution in [3.8, 4) is 0 Å². The number of benzene rings is 1. The van der Waals surface area contributed by atoms with Crippen LogP contribution in [0.1, 0.15) is 61.3 Å². The van der Waals surface area contributed by atoms with Crippen LogP contribution in [0.5, 0.6) is 0 Å². The van der Waals surface area contributed by atoms with Crippen molar-refractivity contribution in [2.24, 2.45) is 0 Å². The molecule has 106 valence electrons. The quantitative estimate of drug-likeness (QED) is 0.826. The first-order valence-corrected chi connectivity index (χ1v) is 7.74. The molecule has 1 N–H and O–H groups in total. The Morgan fingerprint density at radius 2 is 1.95 bits per heavy atom. The summed E-state index contributed by atoms with van der Waals surface area (Å²) in [5, 5.41) is 3.60. The standard InChI is InChI=1S/C18H23NO/c1-2-11-19-18(17-10-12-20-13-17)16-8-6-15(7-9-16)14-4-3-5-14/h6-10,12-14,18-19H,2-5,11H2,1H3. The summed E-state index contributed by atoms with van der Waals surface area (Å²) in [7, 11) is 0. The normalized spacial score (nSPS) is 16.9. The Hall–Kier alpha value is -1.54. The Labute approximate surface area is 121 Å². The zero-order valence-corrected chi connectivity index (χ0v) is 12.1. The number of hydrogen-bond acceptors (Lipinski definition) is 2. The summed E-state index contributed by atoms with van der Waals surface area (Å²) in [6.45, 7) is 3.21. The van der Waals surface area contributed by atoms with Crippen molar-refractivity contribution < 1.29 is 4.42 Å². The number of hydrogen-bond donors (Lipinski definition) is 1. The third-order valence-electron chi connectivity index (χ3n) is 4.32. The van der Waals surface area contributed by atoms with E-state index in [0.29, 0.717) is 0 Å². The Balaban J connectivity index is 1.79. The lowest BCUT2D eigenvalue weighted by Crippen LogP contribution is -2.22. The minimum absolute atomic E-state index is 0.240. The Bertz CT molecular complexity index is 511. The van der Waals surface area contributed by atoms with Gasteiger partial charge in [0.15, 0.2) is 0 Å². The Kier molecular flexibility index (Phi) is 4.22. The zero-order chi connectivity index (χ0) is 13.8. The fourth-order valence-corrected chi connectivity index (χ4v) is 2.86. The van der Waals surface area contributed by atoms with Crippen LogP contribution in [0.15, 0.2) is 47.3 Å². The molecule has 0 amide bonds. The van der Waals surface area contributed by atoms with Gasteiger partial charge in [-0.05, 0) is 48.9 Å². The summed E-state index contributed by atoms with van der Waals surface area (Å²) in [5.74, 6) is 0.806. The van der Waals surface area contributed by atoms with Crippen molar-refractivity contribution in [3.05, 3.63) is 59.5 Å². The van der Waals surface area contributed by atoms with E-state index in [0.717, 1.165) is 18.9 Å². The molecule has 2 heteroatoms.